The summed E-state index contributed by atoms with van der Waals surface area (Å²) in [6.45, 7) is 10.6. The smallest absolute Gasteiger partial charge is 0.226 e. The van der Waals surface area contributed by atoms with Crippen LogP contribution in [0.2, 0.25) is 0 Å². The number of hydrogen-bond donors (Lipinski definition) is 1. The van der Waals surface area contributed by atoms with Crippen LogP contribution >= 0.6 is 11.9 Å². The molecule has 0 amide bonds. The largest absolute Gasteiger partial charge is 0.384 e. The van der Waals surface area contributed by atoms with Crippen LogP contribution in [-0.2, 0) is 6.42 Å². The van der Waals surface area contributed by atoms with Crippen molar-refractivity contribution in [1.82, 2.24) is 14.3 Å². The van der Waals surface area contributed by atoms with E-state index in [-0.39, 0.29) is 0 Å². The van der Waals surface area contributed by atoms with E-state index >= 15 is 0 Å². The highest BCUT2D eigenvalue weighted by Crippen LogP contribution is 2.30. The maximum atomic E-state index is 9.08. The summed E-state index contributed by atoms with van der Waals surface area (Å²) in [5.41, 5.74) is 3.97. The van der Waals surface area contributed by atoms with Gasteiger partial charge < -0.3 is 10.2 Å². The van der Waals surface area contributed by atoms with Crippen LogP contribution in [0.15, 0.2) is 29.2 Å². The second-order valence-electron chi connectivity index (χ2n) is 6.31. The minimum atomic E-state index is 0.436. The lowest BCUT2D eigenvalue weighted by atomic mass is 10.2. The average Bonchev–Trinajstić information content (AvgIpc) is 3.17. The average molecular weight is 383 g/mol. The minimum absolute atomic E-state index is 0.436. The number of nitriles is 1. The van der Waals surface area contributed by atoms with Gasteiger partial charge in [0.2, 0.25) is 5.95 Å². The Hall–Kier alpha value is -2.30. The highest BCUT2D eigenvalue weighted by atomic mass is 32.2. The molecular weight excluding hydrogens is 356 g/mol. The molecule has 0 saturated carbocycles. The molecule has 27 heavy (non-hydrogen) atoms. The van der Waals surface area contributed by atoms with Crippen molar-refractivity contribution in [2.45, 2.75) is 32.1 Å². The van der Waals surface area contributed by atoms with Crippen LogP contribution in [0.3, 0.4) is 0 Å². The van der Waals surface area contributed by atoms with Crippen LogP contribution in [-0.4, -0.2) is 47.0 Å². The maximum Gasteiger partial charge on any atom is 0.226 e. The number of fused-ring (bicyclic) bond motifs is 1. The van der Waals surface area contributed by atoms with Gasteiger partial charge in [-0.25, -0.2) is 14.3 Å². The molecule has 3 heterocycles. The third kappa shape index (κ3) is 4.71. The van der Waals surface area contributed by atoms with Gasteiger partial charge >= 0.3 is 0 Å². The van der Waals surface area contributed by atoms with E-state index in [0.29, 0.717) is 11.6 Å². The predicted octanol–water partition coefficient (Wildman–Crippen LogP) is 3.48. The van der Waals surface area contributed by atoms with Crippen molar-refractivity contribution in [3.63, 3.8) is 0 Å². The second kappa shape index (κ2) is 9.07. The topological polar surface area (TPSA) is 68.1 Å². The van der Waals surface area contributed by atoms with Crippen molar-refractivity contribution < 1.29 is 0 Å². The minimum Gasteiger partial charge on any atom is -0.384 e. The Kier molecular flexibility index (Phi) is 6.54. The van der Waals surface area contributed by atoms with Crippen molar-refractivity contribution in [2.24, 2.45) is 0 Å². The molecule has 0 bridgehead atoms. The lowest BCUT2D eigenvalue weighted by Gasteiger charge is -2.34. The van der Waals surface area contributed by atoms with Gasteiger partial charge in [0.1, 0.15) is 11.8 Å². The summed E-state index contributed by atoms with van der Waals surface area (Å²) in [7, 11) is 0. The molecule has 1 aromatic heterocycles. The quantitative estimate of drug-likeness (QED) is 0.815. The van der Waals surface area contributed by atoms with Crippen LogP contribution < -0.4 is 10.2 Å². The fraction of sp³-hybridized carbons (Fsp3) is 0.450. The molecule has 0 radical (unpaired) electrons. The van der Waals surface area contributed by atoms with Gasteiger partial charge in [-0.05, 0) is 55.1 Å². The van der Waals surface area contributed by atoms with E-state index in [1.54, 1.807) is 6.07 Å². The van der Waals surface area contributed by atoms with E-state index in [2.05, 4.69) is 48.8 Å². The van der Waals surface area contributed by atoms with Crippen LogP contribution in [0.4, 0.5) is 11.6 Å². The number of anilines is 2. The Morgan fingerprint density at radius 1 is 1.11 bits per heavy atom. The molecule has 7 heteroatoms. The Morgan fingerprint density at radius 2 is 1.89 bits per heavy atom. The molecule has 1 aromatic carbocycles. The maximum absolute atomic E-state index is 9.08. The first-order valence-electron chi connectivity index (χ1n) is 9.52. The predicted molar refractivity (Wildman–Crippen MR) is 111 cm³/mol. The van der Waals surface area contributed by atoms with E-state index in [1.807, 2.05) is 32.7 Å². The molecule has 6 nitrogen and oxygen atoms in total. The van der Waals surface area contributed by atoms with Crippen molar-refractivity contribution in [2.75, 3.05) is 42.9 Å². The normalized spacial score (nSPS) is 16.0. The first-order chi connectivity index (χ1) is 13.2. The van der Waals surface area contributed by atoms with Gasteiger partial charge in [0.15, 0.2) is 0 Å². The molecule has 1 saturated heterocycles. The fourth-order valence-electron chi connectivity index (χ4n) is 3.22. The van der Waals surface area contributed by atoms with Crippen LogP contribution in [0.25, 0.3) is 0 Å². The van der Waals surface area contributed by atoms with E-state index in [0.717, 1.165) is 44.8 Å². The molecule has 1 N–H and O–H groups in total. The van der Waals surface area contributed by atoms with Crippen LogP contribution in [0, 0.1) is 18.3 Å². The molecule has 1 fully saturated rings. The molecule has 2 aromatic rings. The molecule has 0 aliphatic carbocycles. The number of rotatable bonds is 3. The molecule has 0 atom stereocenters. The van der Waals surface area contributed by atoms with Gasteiger partial charge in [-0.1, -0.05) is 13.8 Å². The summed E-state index contributed by atoms with van der Waals surface area (Å²) in [4.78, 5) is 12.3. The highest BCUT2D eigenvalue weighted by Gasteiger charge is 2.21. The lowest BCUT2D eigenvalue weighted by molar-refractivity contribution is 0.426. The van der Waals surface area contributed by atoms with E-state index in [9.17, 15) is 0 Å². The Labute approximate surface area is 165 Å². The number of hydrogen-bond acceptors (Lipinski definition) is 7. The third-order valence-corrected chi connectivity index (χ3v) is 5.59. The lowest BCUT2D eigenvalue weighted by Crippen LogP contribution is -2.44. The molecule has 0 spiro atoms. The molecule has 142 valence electrons. The third-order valence-electron chi connectivity index (χ3n) is 4.50. The zero-order valence-corrected chi connectivity index (χ0v) is 17.0. The van der Waals surface area contributed by atoms with Crippen LogP contribution in [0.1, 0.15) is 30.8 Å². The van der Waals surface area contributed by atoms with Gasteiger partial charge in [-0.2, -0.15) is 5.26 Å². The van der Waals surface area contributed by atoms with E-state index in [1.165, 1.54) is 16.1 Å². The summed E-state index contributed by atoms with van der Waals surface area (Å²) >= 11 is 1.82. The molecule has 0 unspecified atom stereocenters. The molecule has 2 aliphatic rings. The Balaban J connectivity index is 0.00000102. The molecule has 2 aliphatic heterocycles. The Morgan fingerprint density at radius 3 is 2.63 bits per heavy atom. The zero-order chi connectivity index (χ0) is 19.2. The highest BCUT2D eigenvalue weighted by molar-refractivity contribution is 7.97. The van der Waals surface area contributed by atoms with Crippen LogP contribution in [0.5, 0.6) is 0 Å². The standard InChI is InChI=1S/C18H20N6S.C2H6/c1-13-10-15(12-19)22-18(21-13)23-6-8-24(9-7-23)25-16-2-3-17-14(11-16)4-5-20-17;1-2/h2-3,10-11,20H,4-9H2,1H3;1-2H3. The van der Waals surface area contributed by atoms with Gasteiger partial charge in [0, 0.05) is 49.0 Å². The molecular formula is C20H26N6S. The SMILES string of the molecule is CC.Cc1cc(C#N)nc(N2CCN(Sc3ccc4c(c3)CCN4)CC2)n1. The number of nitrogens with one attached hydrogen (secondary N) is 1. The van der Waals surface area contributed by atoms with Gasteiger partial charge in [0.25, 0.3) is 0 Å². The van der Waals surface area contributed by atoms with E-state index < -0.39 is 0 Å². The van der Waals surface area contributed by atoms with Crippen molar-refractivity contribution in [3.8, 4) is 6.07 Å². The van der Waals surface area contributed by atoms with Gasteiger partial charge in [0.05, 0.1) is 0 Å². The zero-order valence-electron chi connectivity index (χ0n) is 16.2. The summed E-state index contributed by atoms with van der Waals surface area (Å²) in [5, 5.41) is 12.5. The first kappa shape index (κ1) is 19.5. The van der Waals surface area contributed by atoms with Gasteiger partial charge in [-0.15, -0.1) is 0 Å². The Bertz CT molecular complexity index is 824. The molecule has 4 rings (SSSR count). The number of nitrogens with zero attached hydrogens (tertiary/aromatic N) is 5. The number of aromatic nitrogens is 2. The van der Waals surface area contributed by atoms with Crippen molar-refractivity contribution >= 4 is 23.6 Å². The summed E-state index contributed by atoms with van der Waals surface area (Å²) in [6, 6.07) is 10.5. The second-order valence-corrected chi connectivity index (χ2v) is 7.48. The van der Waals surface area contributed by atoms with Crippen molar-refractivity contribution in [3.05, 3.63) is 41.2 Å². The van der Waals surface area contributed by atoms with E-state index in [4.69, 9.17) is 5.26 Å². The number of benzene rings is 1. The summed E-state index contributed by atoms with van der Waals surface area (Å²) in [6.07, 6.45) is 1.11. The monoisotopic (exact) mass is 382 g/mol. The fourth-order valence-corrected chi connectivity index (χ4v) is 4.19. The first-order valence-corrected chi connectivity index (χ1v) is 10.3. The van der Waals surface area contributed by atoms with Gasteiger partial charge in [-0.3, -0.25) is 0 Å². The summed E-state index contributed by atoms with van der Waals surface area (Å²) < 4.78 is 2.39. The number of aryl methyl sites for hydroxylation is 1. The summed E-state index contributed by atoms with van der Waals surface area (Å²) in [5.74, 6) is 0.671. The number of piperazine rings is 1. The van der Waals surface area contributed by atoms with Crippen molar-refractivity contribution in [1.29, 1.82) is 5.26 Å².